The third kappa shape index (κ3) is 4.92. The summed E-state index contributed by atoms with van der Waals surface area (Å²) in [4.78, 5) is 13.4. The molecule has 2 aromatic rings. The highest BCUT2D eigenvalue weighted by molar-refractivity contribution is 7.89. The Hall–Kier alpha value is -2.42. The van der Waals surface area contributed by atoms with E-state index >= 15 is 0 Å². The zero-order valence-corrected chi connectivity index (χ0v) is 19.2. The number of ether oxygens (including phenoxy) is 1. The molecular weight excluding hydrogens is 416 g/mol. The maximum atomic E-state index is 13.5. The molecule has 1 amide bonds. The molecule has 8 heteroatoms. The number of carbonyl (C=O) groups excluding carboxylic acids is 1. The lowest BCUT2D eigenvalue weighted by Gasteiger charge is -2.37. The van der Waals surface area contributed by atoms with Crippen molar-refractivity contribution in [3.05, 3.63) is 48.5 Å². The summed E-state index contributed by atoms with van der Waals surface area (Å²) in [5.74, 6) is -0.0478. The number of likely N-dealkylation sites (N-methyl/N-ethyl adjacent to an activating group) is 1. The number of hydrogen-bond acceptors (Lipinski definition) is 5. The fourth-order valence-electron chi connectivity index (χ4n) is 3.65. The topological polar surface area (TPSA) is 87.2 Å². The Morgan fingerprint density at radius 2 is 1.90 bits per heavy atom. The Kier molecular flexibility index (Phi) is 7.03. The van der Waals surface area contributed by atoms with Crippen LogP contribution in [0.2, 0.25) is 0 Å². The standard InChI is InChI=1S/C23H30N2O5S/c1-16-13-25(17(2)15-26)31(28,29)23-11-10-20(19-8-6-5-7-9-19)12-21(23)30-22(16)14-24(4)18(3)27/h5-12,16-17,22,26H,13-15H2,1-4H3/t16-,17-,22+/m0/s1. The molecule has 0 bridgehead atoms. The minimum absolute atomic E-state index is 0.0647. The van der Waals surface area contributed by atoms with Crippen LogP contribution in [0, 0.1) is 5.92 Å². The van der Waals surface area contributed by atoms with Crippen molar-refractivity contribution in [2.45, 2.75) is 37.8 Å². The number of amides is 1. The van der Waals surface area contributed by atoms with E-state index in [1.807, 2.05) is 37.3 Å². The van der Waals surface area contributed by atoms with Crippen molar-refractivity contribution in [1.29, 1.82) is 0 Å². The molecule has 3 atom stereocenters. The maximum absolute atomic E-state index is 13.5. The van der Waals surface area contributed by atoms with Crippen molar-refractivity contribution in [2.24, 2.45) is 5.92 Å². The van der Waals surface area contributed by atoms with Crippen LogP contribution in [-0.4, -0.2) is 67.5 Å². The highest BCUT2D eigenvalue weighted by Gasteiger charge is 2.38. The molecule has 0 aromatic heterocycles. The summed E-state index contributed by atoms with van der Waals surface area (Å²) >= 11 is 0. The highest BCUT2D eigenvalue weighted by Crippen LogP contribution is 2.36. The molecule has 0 radical (unpaired) electrons. The van der Waals surface area contributed by atoms with Gasteiger partial charge in [-0.25, -0.2) is 8.42 Å². The first-order chi connectivity index (χ1) is 14.6. The van der Waals surface area contributed by atoms with Crippen LogP contribution in [0.1, 0.15) is 20.8 Å². The van der Waals surface area contributed by atoms with E-state index in [1.54, 1.807) is 37.1 Å². The van der Waals surface area contributed by atoms with Gasteiger partial charge in [0.05, 0.1) is 13.2 Å². The molecule has 0 fully saturated rings. The zero-order chi connectivity index (χ0) is 22.8. The van der Waals surface area contributed by atoms with E-state index in [0.29, 0.717) is 6.54 Å². The number of sulfonamides is 1. The summed E-state index contributed by atoms with van der Waals surface area (Å²) in [6, 6.07) is 14.1. The van der Waals surface area contributed by atoms with E-state index in [0.717, 1.165) is 11.1 Å². The Labute approximate surface area is 184 Å². The van der Waals surface area contributed by atoms with Crippen LogP contribution in [0.5, 0.6) is 5.75 Å². The predicted molar refractivity (Wildman–Crippen MR) is 119 cm³/mol. The van der Waals surface area contributed by atoms with Gasteiger partial charge in [0.1, 0.15) is 16.7 Å². The number of carbonyl (C=O) groups is 1. The number of benzene rings is 2. The van der Waals surface area contributed by atoms with Crippen molar-refractivity contribution >= 4 is 15.9 Å². The van der Waals surface area contributed by atoms with Gasteiger partial charge < -0.3 is 14.7 Å². The van der Waals surface area contributed by atoms with Crippen molar-refractivity contribution in [3.8, 4) is 16.9 Å². The molecule has 0 saturated carbocycles. The van der Waals surface area contributed by atoms with E-state index < -0.39 is 22.2 Å². The van der Waals surface area contributed by atoms with Gasteiger partial charge in [0.2, 0.25) is 15.9 Å². The minimum atomic E-state index is -3.89. The predicted octanol–water partition coefficient (Wildman–Crippen LogP) is 2.60. The van der Waals surface area contributed by atoms with E-state index in [-0.39, 0.29) is 35.6 Å². The van der Waals surface area contributed by atoms with Crippen LogP contribution in [0.15, 0.2) is 53.4 Å². The van der Waals surface area contributed by atoms with Crippen LogP contribution in [0.4, 0.5) is 0 Å². The second kappa shape index (κ2) is 9.38. The first-order valence-electron chi connectivity index (χ1n) is 10.4. The first-order valence-corrected chi connectivity index (χ1v) is 11.8. The van der Waals surface area contributed by atoms with E-state index in [9.17, 15) is 18.3 Å². The summed E-state index contributed by atoms with van der Waals surface area (Å²) in [6.45, 7) is 5.29. The number of aliphatic hydroxyl groups excluding tert-OH is 1. The Morgan fingerprint density at radius 1 is 1.23 bits per heavy atom. The lowest BCUT2D eigenvalue weighted by atomic mass is 10.0. The summed E-state index contributed by atoms with van der Waals surface area (Å²) in [5.41, 5.74) is 1.78. The summed E-state index contributed by atoms with van der Waals surface area (Å²) < 4.78 is 34.6. The van der Waals surface area contributed by atoms with Gasteiger partial charge >= 0.3 is 0 Å². The first kappa shape index (κ1) is 23.2. The van der Waals surface area contributed by atoms with Gasteiger partial charge in [-0.2, -0.15) is 4.31 Å². The molecule has 0 aliphatic carbocycles. The number of hydrogen-bond donors (Lipinski definition) is 1. The summed E-state index contributed by atoms with van der Waals surface area (Å²) in [6.07, 6.45) is -0.414. The molecule has 7 nitrogen and oxygen atoms in total. The molecule has 0 spiro atoms. The molecule has 0 saturated heterocycles. The Bertz CT molecular complexity index is 1030. The molecule has 2 aromatic carbocycles. The largest absolute Gasteiger partial charge is 0.487 e. The summed E-state index contributed by atoms with van der Waals surface area (Å²) in [7, 11) is -2.19. The van der Waals surface area contributed by atoms with Crippen molar-refractivity contribution in [3.63, 3.8) is 0 Å². The Balaban J connectivity index is 2.13. The van der Waals surface area contributed by atoms with Crippen molar-refractivity contribution < 1.29 is 23.1 Å². The van der Waals surface area contributed by atoms with Gasteiger partial charge in [-0.15, -0.1) is 0 Å². The zero-order valence-electron chi connectivity index (χ0n) is 18.4. The molecule has 3 rings (SSSR count). The molecule has 1 heterocycles. The summed E-state index contributed by atoms with van der Waals surface area (Å²) in [5, 5.41) is 9.70. The normalized spacial score (nSPS) is 21.8. The third-order valence-corrected chi connectivity index (χ3v) is 7.79. The molecular formula is C23H30N2O5S. The van der Waals surface area contributed by atoms with Crippen molar-refractivity contribution in [2.75, 3.05) is 26.7 Å². The van der Waals surface area contributed by atoms with Crippen LogP contribution >= 0.6 is 0 Å². The third-order valence-electron chi connectivity index (χ3n) is 5.77. The van der Waals surface area contributed by atoms with Crippen LogP contribution in [0.25, 0.3) is 11.1 Å². The molecule has 31 heavy (non-hydrogen) atoms. The lowest BCUT2D eigenvalue weighted by Crippen LogP contribution is -2.50. The second-order valence-corrected chi connectivity index (χ2v) is 10.0. The van der Waals surface area contributed by atoms with Gasteiger partial charge in [-0.3, -0.25) is 4.79 Å². The number of aliphatic hydroxyl groups is 1. The van der Waals surface area contributed by atoms with Gasteiger partial charge in [0.25, 0.3) is 0 Å². The van der Waals surface area contributed by atoms with E-state index in [2.05, 4.69) is 0 Å². The minimum Gasteiger partial charge on any atom is -0.487 e. The molecule has 1 aliphatic rings. The fourth-order valence-corrected chi connectivity index (χ4v) is 5.48. The fraction of sp³-hybridized carbons (Fsp3) is 0.435. The molecule has 1 N–H and O–H groups in total. The van der Waals surface area contributed by atoms with Gasteiger partial charge in [-0.1, -0.05) is 43.3 Å². The lowest BCUT2D eigenvalue weighted by molar-refractivity contribution is -0.129. The highest BCUT2D eigenvalue weighted by atomic mass is 32.2. The van der Waals surface area contributed by atoms with Crippen LogP contribution < -0.4 is 4.74 Å². The van der Waals surface area contributed by atoms with E-state index in [4.69, 9.17) is 4.74 Å². The SMILES string of the molecule is CC(=O)N(C)C[C@H]1Oc2cc(-c3ccccc3)ccc2S(=O)(=O)N([C@@H](C)CO)C[C@@H]1C. The van der Waals surface area contributed by atoms with Gasteiger partial charge in [-0.05, 0) is 30.2 Å². The van der Waals surface area contributed by atoms with Gasteiger partial charge in [0.15, 0.2) is 0 Å². The van der Waals surface area contributed by atoms with E-state index in [1.165, 1.54) is 11.2 Å². The van der Waals surface area contributed by atoms with Crippen LogP contribution in [0.3, 0.4) is 0 Å². The number of rotatable bonds is 5. The average molecular weight is 447 g/mol. The number of fused-ring (bicyclic) bond motifs is 1. The molecule has 168 valence electrons. The van der Waals surface area contributed by atoms with Crippen LogP contribution in [-0.2, 0) is 14.8 Å². The number of nitrogens with zero attached hydrogens (tertiary/aromatic N) is 2. The Morgan fingerprint density at radius 3 is 2.52 bits per heavy atom. The quantitative estimate of drug-likeness (QED) is 0.763. The second-order valence-electron chi connectivity index (χ2n) is 8.17. The average Bonchev–Trinajstić information content (AvgIpc) is 2.75. The molecule has 0 unspecified atom stereocenters. The maximum Gasteiger partial charge on any atom is 0.247 e. The van der Waals surface area contributed by atoms with Crippen molar-refractivity contribution in [1.82, 2.24) is 9.21 Å². The molecule has 1 aliphatic heterocycles. The monoisotopic (exact) mass is 446 g/mol. The van der Waals surface area contributed by atoms with Gasteiger partial charge in [0, 0.05) is 32.5 Å². The smallest absolute Gasteiger partial charge is 0.247 e.